The molecular weight excluding hydrogens is 414 g/mol. The van der Waals surface area contributed by atoms with Crippen LogP contribution in [-0.2, 0) is 27.4 Å². The molecule has 33 heavy (non-hydrogen) atoms. The van der Waals surface area contributed by atoms with E-state index in [2.05, 4.69) is 29.2 Å². The van der Waals surface area contributed by atoms with Crippen LogP contribution in [0, 0.1) is 11.3 Å². The maximum Gasteiger partial charge on any atom is 0.310 e. The summed E-state index contributed by atoms with van der Waals surface area (Å²) in [5, 5.41) is 10.1. The number of carboxylic acid groups (broad SMARTS) is 1. The smallest absolute Gasteiger partial charge is 0.310 e. The summed E-state index contributed by atoms with van der Waals surface area (Å²) in [4.78, 5) is 27.8. The van der Waals surface area contributed by atoms with Crippen LogP contribution in [0.3, 0.4) is 0 Å². The Bertz CT molecular complexity index is 857. The first-order valence-electron chi connectivity index (χ1n) is 11.9. The molecule has 1 saturated carbocycles. The Morgan fingerprint density at radius 3 is 1.85 bits per heavy atom. The van der Waals surface area contributed by atoms with E-state index in [4.69, 9.17) is 4.74 Å². The number of benzene rings is 2. The van der Waals surface area contributed by atoms with Gasteiger partial charge in [-0.05, 0) is 51.2 Å². The lowest BCUT2D eigenvalue weighted by Gasteiger charge is -2.33. The Labute approximate surface area is 197 Å². The van der Waals surface area contributed by atoms with E-state index in [1.54, 1.807) is 0 Å². The Balaban J connectivity index is 1.87. The SMILES string of the molecule is CC(C)(C)OC(=O)[C@@H](CN(Cc1ccccc1)Cc1ccccc1)CC1(C(=O)O)CCCC1. The van der Waals surface area contributed by atoms with Crippen molar-refractivity contribution < 1.29 is 19.4 Å². The summed E-state index contributed by atoms with van der Waals surface area (Å²) >= 11 is 0. The normalized spacial score (nSPS) is 16.5. The van der Waals surface area contributed by atoms with Gasteiger partial charge in [0.05, 0.1) is 11.3 Å². The van der Waals surface area contributed by atoms with Crippen molar-refractivity contribution in [3.63, 3.8) is 0 Å². The molecule has 0 radical (unpaired) electrons. The predicted octanol–water partition coefficient (Wildman–Crippen LogP) is 5.68. The molecule has 0 amide bonds. The third-order valence-electron chi connectivity index (χ3n) is 6.37. The third kappa shape index (κ3) is 7.43. The minimum atomic E-state index is -0.841. The number of carbonyl (C=O) groups is 2. The molecule has 5 nitrogen and oxygen atoms in total. The standard InChI is InChI=1S/C28H37NO4/c1-27(2,3)33-25(30)24(18-28(26(31)32)16-10-11-17-28)21-29(19-22-12-6-4-7-13-22)20-23-14-8-5-9-15-23/h4-9,12-15,24H,10-11,16-21H2,1-3H3,(H,31,32)/t24-/m1/s1. The van der Waals surface area contributed by atoms with Crippen LogP contribution in [0.5, 0.6) is 0 Å². The van der Waals surface area contributed by atoms with Gasteiger partial charge in [-0.1, -0.05) is 73.5 Å². The zero-order valence-electron chi connectivity index (χ0n) is 20.1. The zero-order valence-corrected chi connectivity index (χ0v) is 20.1. The first-order chi connectivity index (χ1) is 15.7. The molecule has 0 bridgehead atoms. The van der Waals surface area contributed by atoms with E-state index >= 15 is 0 Å². The molecule has 1 atom stereocenters. The number of ether oxygens (including phenoxy) is 1. The second-order valence-electron chi connectivity index (χ2n) is 10.4. The van der Waals surface area contributed by atoms with Crippen LogP contribution in [-0.4, -0.2) is 34.1 Å². The van der Waals surface area contributed by atoms with Gasteiger partial charge in [-0.15, -0.1) is 0 Å². The second-order valence-corrected chi connectivity index (χ2v) is 10.4. The summed E-state index contributed by atoms with van der Waals surface area (Å²) in [6.07, 6.45) is 3.35. The summed E-state index contributed by atoms with van der Waals surface area (Å²) in [6.45, 7) is 7.38. The van der Waals surface area contributed by atoms with E-state index in [1.807, 2.05) is 57.2 Å². The van der Waals surface area contributed by atoms with Crippen LogP contribution < -0.4 is 0 Å². The first-order valence-corrected chi connectivity index (χ1v) is 11.9. The highest BCUT2D eigenvalue weighted by atomic mass is 16.6. The molecule has 3 rings (SSSR count). The van der Waals surface area contributed by atoms with E-state index in [-0.39, 0.29) is 5.97 Å². The first kappa shape index (κ1) is 25.0. The molecule has 1 aliphatic rings. The van der Waals surface area contributed by atoms with Crippen LogP contribution in [0.25, 0.3) is 0 Å². The molecule has 1 N–H and O–H groups in total. The zero-order chi connectivity index (χ0) is 23.9. The molecule has 0 spiro atoms. The molecule has 0 aromatic heterocycles. The molecule has 0 heterocycles. The number of aliphatic carboxylic acids is 1. The molecule has 0 saturated heterocycles. The maximum atomic E-state index is 13.3. The lowest BCUT2D eigenvalue weighted by molar-refractivity contribution is -0.164. The number of hydrogen-bond acceptors (Lipinski definition) is 4. The van der Waals surface area contributed by atoms with E-state index in [9.17, 15) is 14.7 Å². The molecular formula is C28H37NO4. The molecule has 1 fully saturated rings. The van der Waals surface area contributed by atoms with Crippen LogP contribution in [0.1, 0.15) is 64.0 Å². The molecule has 0 unspecified atom stereocenters. The fraction of sp³-hybridized carbons (Fsp3) is 0.500. The van der Waals surface area contributed by atoms with Crippen LogP contribution in [0.15, 0.2) is 60.7 Å². The quantitative estimate of drug-likeness (QED) is 0.471. The number of carboxylic acids is 1. The van der Waals surface area contributed by atoms with Crippen molar-refractivity contribution in [3.05, 3.63) is 71.8 Å². The average Bonchev–Trinajstić information content (AvgIpc) is 3.23. The topological polar surface area (TPSA) is 66.8 Å². The summed E-state index contributed by atoms with van der Waals surface area (Å²) in [5.74, 6) is -1.60. The van der Waals surface area contributed by atoms with Gasteiger partial charge >= 0.3 is 11.9 Å². The van der Waals surface area contributed by atoms with Crippen molar-refractivity contribution in [1.82, 2.24) is 4.90 Å². The van der Waals surface area contributed by atoms with Crippen molar-refractivity contribution in [3.8, 4) is 0 Å². The Hall–Kier alpha value is -2.66. The largest absolute Gasteiger partial charge is 0.481 e. The van der Waals surface area contributed by atoms with Gasteiger partial charge < -0.3 is 9.84 Å². The molecule has 2 aromatic rings. The highest BCUT2D eigenvalue weighted by Gasteiger charge is 2.45. The lowest BCUT2D eigenvalue weighted by atomic mass is 9.77. The summed E-state index contributed by atoms with van der Waals surface area (Å²) in [6, 6.07) is 20.4. The van der Waals surface area contributed by atoms with Crippen molar-refractivity contribution in [2.75, 3.05) is 6.54 Å². The highest BCUT2D eigenvalue weighted by Crippen LogP contribution is 2.44. The fourth-order valence-electron chi connectivity index (χ4n) is 4.82. The third-order valence-corrected chi connectivity index (χ3v) is 6.37. The Morgan fingerprint density at radius 2 is 1.42 bits per heavy atom. The van der Waals surface area contributed by atoms with Gasteiger partial charge in [-0.3, -0.25) is 14.5 Å². The molecule has 2 aromatic carbocycles. The average molecular weight is 452 g/mol. The number of nitrogens with zero attached hydrogens (tertiary/aromatic N) is 1. The molecule has 0 aliphatic heterocycles. The van der Waals surface area contributed by atoms with Gasteiger partial charge in [0.15, 0.2) is 0 Å². The lowest BCUT2D eigenvalue weighted by Crippen LogP contribution is -2.41. The number of esters is 1. The molecule has 5 heteroatoms. The van der Waals surface area contributed by atoms with Gasteiger partial charge in [0.25, 0.3) is 0 Å². The fourth-order valence-corrected chi connectivity index (χ4v) is 4.82. The van der Waals surface area contributed by atoms with Gasteiger partial charge in [-0.2, -0.15) is 0 Å². The van der Waals surface area contributed by atoms with Crippen LogP contribution in [0.4, 0.5) is 0 Å². The second kappa shape index (κ2) is 11.0. The number of rotatable bonds is 10. The van der Waals surface area contributed by atoms with Gasteiger partial charge in [0, 0.05) is 19.6 Å². The van der Waals surface area contributed by atoms with Crippen molar-refractivity contribution in [2.24, 2.45) is 11.3 Å². The summed E-state index contributed by atoms with van der Waals surface area (Å²) < 4.78 is 5.78. The van der Waals surface area contributed by atoms with E-state index in [0.717, 1.165) is 24.0 Å². The van der Waals surface area contributed by atoms with Crippen LogP contribution >= 0.6 is 0 Å². The minimum Gasteiger partial charge on any atom is -0.481 e. The minimum absolute atomic E-state index is 0.304. The van der Waals surface area contributed by atoms with Gasteiger partial charge in [0.1, 0.15) is 5.60 Å². The van der Waals surface area contributed by atoms with Crippen molar-refractivity contribution in [2.45, 2.75) is 71.6 Å². The highest BCUT2D eigenvalue weighted by molar-refractivity contribution is 5.78. The Kier molecular flexibility index (Phi) is 8.30. The van der Waals surface area contributed by atoms with Crippen LogP contribution in [0.2, 0.25) is 0 Å². The van der Waals surface area contributed by atoms with Gasteiger partial charge in [0.2, 0.25) is 0 Å². The van der Waals surface area contributed by atoms with Crippen molar-refractivity contribution >= 4 is 11.9 Å². The van der Waals surface area contributed by atoms with Gasteiger partial charge in [-0.25, -0.2) is 0 Å². The number of hydrogen-bond donors (Lipinski definition) is 1. The maximum absolute atomic E-state index is 13.3. The monoisotopic (exact) mass is 451 g/mol. The van der Waals surface area contributed by atoms with E-state index < -0.39 is 22.9 Å². The Morgan fingerprint density at radius 1 is 0.939 bits per heavy atom. The molecule has 178 valence electrons. The van der Waals surface area contributed by atoms with E-state index in [0.29, 0.717) is 38.9 Å². The van der Waals surface area contributed by atoms with Crippen molar-refractivity contribution in [1.29, 1.82) is 0 Å². The number of carbonyl (C=O) groups excluding carboxylic acids is 1. The summed E-state index contributed by atoms with van der Waals surface area (Å²) in [5.41, 5.74) is 0.855. The van der Waals surface area contributed by atoms with E-state index in [1.165, 1.54) is 0 Å². The predicted molar refractivity (Wildman–Crippen MR) is 129 cm³/mol. The molecule has 1 aliphatic carbocycles. The summed E-state index contributed by atoms with van der Waals surface area (Å²) in [7, 11) is 0.